The Bertz CT molecular complexity index is 465. The van der Waals surface area contributed by atoms with Crippen molar-refractivity contribution in [3.63, 3.8) is 0 Å². The normalized spacial score (nSPS) is 16.9. The first-order valence-electron chi connectivity index (χ1n) is 7.24. The number of carbonyl (C=O) groups excluding carboxylic acids is 1. The number of urea groups is 1. The molecule has 1 saturated carbocycles. The lowest BCUT2D eigenvalue weighted by molar-refractivity contribution is 0.239. The third-order valence-electron chi connectivity index (χ3n) is 3.57. The van der Waals surface area contributed by atoms with Crippen molar-refractivity contribution in [1.82, 2.24) is 10.6 Å². The lowest BCUT2D eigenvalue weighted by Crippen LogP contribution is -2.39. The first kappa shape index (κ1) is 15.1. The monoisotopic (exact) mass is 336 g/mol. The molecule has 1 aromatic rings. The van der Waals surface area contributed by atoms with E-state index in [1.54, 1.807) is 6.20 Å². The molecule has 0 saturated heterocycles. The van der Waals surface area contributed by atoms with Gasteiger partial charge in [0.1, 0.15) is 0 Å². The summed E-state index contributed by atoms with van der Waals surface area (Å²) < 4.78 is 1.02. The fourth-order valence-corrected chi connectivity index (χ4v) is 2.89. The zero-order valence-corrected chi connectivity index (χ0v) is 13.2. The molecule has 0 atom stereocenters. The minimum Gasteiger partial charge on any atom is -0.335 e. The quantitative estimate of drug-likeness (QED) is 0.787. The van der Waals surface area contributed by atoms with Crippen molar-refractivity contribution in [3.05, 3.63) is 40.5 Å². The zero-order chi connectivity index (χ0) is 14.2. The Hall–Kier alpha value is -1.29. The predicted octanol–water partition coefficient (Wildman–Crippen LogP) is 4.44. The van der Waals surface area contributed by atoms with Gasteiger partial charge in [0.05, 0.1) is 0 Å². The van der Waals surface area contributed by atoms with E-state index in [2.05, 4.69) is 26.6 Å². The first-order chi connectivity index (χ1) is 9.75. The van der Waals surface area contributed by atoms with E-state index >= 15 is 0 Å². The van der Waals surface area contributed by atoms with Crippen LogP contribution >= 0.6 is 15.9 Å². The fourth-order valence-electron chi connectivity index (χ4n) is 2.47. The van der Waals surface area contributed by atoms with E-state index in [0.717, 1.165) is 22.9 Å². The maximum absolute atomic E-state index is 11.8. The Balaban J connectivity index is 1.78. The van der Waals surface area contributed by atoms with Gasteiger partial charge in [-0.3, -0.25) is 0 Å². The summed E-state index contributed by atoms with van der Waals surface area (Å²) in [4.78, 5) is 11.8. The SMILES string of the molecule is O=C(N/C=C/c1ccccc1Br)NC1CCCCCC1. The Morgan fingerprint density at radius 3 is 2.55 bits per heavy atom. The van der Waals surface area contributed by atoms with Crippen LogP contribution in [0.3, 0.4) is 0 Å². The molecular weight excluding hydrogens is 316 g/mol. The van der Waals surface area contributed by atoms with E-state index in [4.69, 9.17) is 0 Å². The fraction of sp³-hybridized carbons (Fsp3) is 0.438. The van der Waals surface area contributed by atoms with Crippen LogP contribution in [-0.4, -0.2) is 12.1 Å². The molecule has 0 heterocycles. The summed E-state index contributed by atoms with van der Waals surface area (Å²) in [5.41, 5.74) is 1.04. The number of hydrogen-bond acceptors (Lipinski definition) is 1. The highest BCUT2D eigenvalue weighted by Gasteiger charge is 2.13. The zero-order valence-electron chi connectivity index (χ0n) is 11.6. The van der Waals surface area contributed by atoms with Crippen LogP contribution in [0.2, 0.25) is 0 Å². The summed E-state index contributed by atoms with van der Waals surface area (Å²) >= 11 is 3.47. The van der Waals surface area contributed by atoms with E-state index < -0.39 is 0 Å². The van der Waals surface area contributed by atoms with Crippen LogP contribution in [0.5, 0.6) is 0 Å². The highest BCUT2D eigenvalue weighted by atomic mass is 79.9. The number of carbonyl (C=O) groups is 1. The van der Waals surface area contributed by atoms with E-state index in [-0.39, 0.29) is 6.03 Å². The van der Waals surface area contributed by atoms with Gasteiger partial charge >= 0.3 is 6.03 Å². The summed E-state index contributed by atoms with van der Waals surface area (Å²) in [6.07, 6.45) is 10.8. The molecule has 1 aromatic carbocycles. The number of benzene rings is 1. The van der Waals surface area contributed by atoms with Gasteiger partial charge < -0.3 is 10.6 Å². The predicted molar refractivity (Wildman–Crippen MR) is 86.3 cm³/mol. The second-order valence-electron chi connectivity index (χ2n) is 5.16. The van der Waals surface area contributed by atoms with Crippen LogP contribution in [0.25, 0.3) is 6.08 Å². The molecule has 0 bridgehead atoms. The molecule has 3 nitrogen and oxygen atoms in total. The van der Waals surface area contributed by atoms with Crippen molar-refractivity contribution in [2.24, 2.45) is 0 Å². The third-order valence-corrected chi connectivity index (χ3v) is 4.30. The van der Waals surface area contributed by atoms with Crippen molar-refractivity contribution in [1.29, 1.82) is 0 Å². The smallest absolute Gasteiger partial charge is 0.318 e. The van der Waals surface area contributed by atoms with Gasteiger partial charge in [-0.1, -0.05) is 59.8 Å². The number of nitrogens with one attached hydrogen (secondary N) is 2. The van der Waals surface area contributed by atoms with Gasteiger partial charge in [-0.25, -0.2) is 4.79 Å². The molecule has 0 aliphatic heterocycles. The minimum atomic E-state index is -0.111. The summed E-state index contributed by atoms with van der Waals surface area (Å²) in [5.74, 6) is 0. The molecule has 20 heavy (non-hydrogen) atoms. The number of rotatable bonds is 3. The molecule has 1 aliphatic carbocycles. The molecule has 1 aliphatic rings. The molecule has 2 amide bonds. The van der Waals surface area contributed by atoms with E-state index in [0.29, 0.717) is 6.04 Å². The topological polar surface area (TPSA) is 41.1 Å². The summed E-state index contributed by atoms with van der Waals surface area (Å²) in [6, 6.07) is 8.12. The Labute approximate surface area is 129 Å². The molecule has 108 valence electrons. The van der Waals surface area contributed by atoms with Crippen LogP contribution in [0, 0.1) is 0 Å². The highest BCUT2D eigenvalue weighted by Crippen LogP contribution is 2.17. The average Bonchev–Trinajstić information content (AvgIpc) is 2.69. The van der Waals surface area contributed by atoms with Crippen molar-refractivity contribution < 1.29 is 4.79 Å². The molecule has 0 aromatic heterocycles. The van der Waals surface area contributed by atoms with E-state index in [1.807, 2.05) is 30.3 Å². The van der Waals surface area contributed by atoms with Gasteiger partial charge in [0, 0.05) is 16.7 Å². The first-order valence-corrected chi connectivity index (χ1v) is 8.03. The van der Waals surface area contributed by atoms with Crippen LogP contribution in [0.1, 0.15) is 44.1 Å². The largest absolute Gasteiger partial charge is 0.335 e. The standard InChI is InChI=1S/C16H21BrN2O/c17-15-10-6-5-7-13(15)11-12-18-16(20)19-14-8-3-1-2-4-9-14/h5-7,10-12,14H,1-4,8-9H2,(H2,18,19,20)/b12-11+. The maximum Gasteiger partial charge on any atom is 0.318 e. The van der Waals surface area contributed by atoms with Crippen molar-refractivity contribution >= 4 is 28.0 Å². The summed E-state index contributed by atoms with van der Waals surface area (Å²) in [6.45, 7) is 0. The van der Waals surface area contributed by atoms with Gasteiger partial charge in [-0.05, 0) is 30.5 Å². The van der Waals surface area contributed by atoms with E-state index in [9.17, 15) is 4.79 Å². The molecule has 4 heteroatoms. The summed E-state index contributed by atoms with van der Waals surface area (Å²) in [5, 5.41) is 5.82. The summed E-state index contributed by atoms with van der Waals surface area (Å²) in [7, 11) is 0. The molecule has 0 spiro atoms. The van der Waals surface area contributed by atoms with Gasteiger partial charge in [0.2, 0.25) is 0 Å². The van der Waals surface area contributed by atoms with Gasteiger partial charge in [-0.15, -0.1) is 0 Å². The van der Waals surface area contributed by atoms with Crippen molar-refractivity contribution in [2.45, 2.75) is 44.6 Å². The number of halogens is 1. The minimum absolute atomic E-state index is 0.111. The lowest BCUT2D eigenvalue weighted by Gasteiger charge is -2.15. The Kier molecular flexibility index (Phi) is 6.12. The third kappa shape index (κ3) is 5.00. The Morgan fingerprint density at radius 1 is 1.15 bits per heavy atom. The van der Waals surface area contributed by atoms with Gasteiger partial charge in [0.15, 0.2) is 0 Å². The second-order valence-corrected chi connectivity index (χ2v) is 6.02. The molecule has 2 N–H and O–H groups in total. The van der Waals surface area contributed by atoms with Crippen LogP contribution < -0.4 is 10.6 Å². The lowest BCUT2D eigenvalue weighted by atomic mass is 10.1. The molecule has 0 unspecified atom stereocenters. The van der Waals surface area contributed by atoms with Crippen molar-refractivity contribution in [2.75, 3.05) is 0 Å². The molecule has 0 radical (unpaired) electrons. The average molecular weight is 337 g/mol. The molecular formula is C16H21BrN2O. The van der Waals surface area contributed by atoms with E-state index in [1.165, 1.54) is 25.7 Å². The maximum atomic E-state index is 11.8. The van der Waals surface area contributed by atoms with Crippen molar-refractivity contribution in [3.8, 4) is 0 Å². The van der Waals surface area contributed by atoms with Gasteiger partial charge in [-0.2, -0.15) is 0 Å². The van der Waals surface area contributed by atoms with Crippen LogP contribution in [0.15, 0.2) is 34.9 Å². The molecule has 2 rings (SSSR count). The molecule has 1 fully saturated rings. The second kappa shape index (κ2) is 8.10. The Morgan fingerprint density at radius 2 is 1.85 bits per heavy atom. The van der Waals surface area contributed by atoms with Gasteiger partial charge in [0.25, 0.3) is 0 Å². The van der Waals surface area contributed by atoms with Crippen LogP contribution in [-0.2, 0) is 0 Å². The number of amides is 2. The van der Waals surface area contributed by atoms with Crippen LogP contribution in [0.4, 0.5) is 4.79 Å². The number of hydrogen-bond donors (Lipinski definition) is 2. The highest BCUT2D eigenvalue weighted by molar-refractivity contribution is 9.10.